The number of rotatable bonds is 8. The molecule has 184 valence electrons. The van der Waals surface area contributed by atoms with Crippen molar-refractivity contribution in [2.45, 2.75) is 57.8 Å². The maximum atomic E-state index is 12.9. The predicted molar refractivity (Wildman–Crippen MR) is 114 cm³/mol. The summed E-state index contributed by atoms with van der Waals surface area (Å²) >= 11 is 0. The van der Waals surface area contributed by atoms with Gasteiger partial charge >= 0.3 is 0 Å². The number of imidazole rings is 1. The molecule has 0 aliphatic carbocycles. The summed E-state index contributed by atoms with van der Waals surface area (Å²) in [7, 11) is 1.47. The first-order chi connectivity index (χ1) is 16.1. The van der Waals surface area contributed by atoms with Crippen molar-refractivity contribution in [2.75, 3.05) is 18.9 Å². The van der Waals surface area contributed by atoms with Crippen molar-refractivity contribution in [1.82, 2.24) is 40.2 Å². The highest BCUT2D eigenvalue weighted by Gasteiger charge is 2.44. The lowest BCUT2D eigenvalue weighted by molar-refractivity contribution is -0.213. The molecule has 1 saturated heterocycles. The predicted octanol–water partition coefficient (Wildman–Crippen LogP) is 0.744. The highest BCUT2D eigenvalue weighted by atomic mass is 19.3. The van der Waals surface area contributed by atoms with Crippen molar-refractivity contribution in [2.24, 2.45) is 0 Å². The maximum absolute atomic E-state index is 12.9. The molecule has 0 bridgehead atoms. The molecule has 3 aromatic heterocycles. The van der Waals surface area contributed by atoms with Gasteiger partial charge in [0.1, 0.15) is 12.3 Å². The van der Waals surface area contributed by atoms with Crippen LogP contribution in [0.3, 0.4) is 0 Å². The molecule has 4 N–H and O–H groups in total. The van der Waals surface area contributed by atoms with E-state index in [1.54, 1.807) is 11.5 Å². The summed E-state index contributed by atoms with van der Waals surface area (Å²) in [6.07, 6.45) is -3.52. The van der Waals surface area contributed by atoms with Crippen LogP contribution in [-0.4, -0.2) is 84.0 Å². The van der Waals surface area contributed by atoms with Gasteiger partial charge < -0.3 is 25.2 Å². The second kappa shape index (κ2) is 9.15. The van der Waals surface area contributed by atoms with Crippen LogP contribution < -0.4 is 10.6 Å². The molecular weight excluding hydrogens is 456 g/mol. The Morgan fingerprint density at radius 1 is 1.44 bits per heavy atom. The lowest BCUT2D eigenvalue weighted by Crippen LogP contribution is -2.43. The summed E-state index contributed by atoms with van der Waals surface area (Å²) in [5.74, 6) is -1.69. The van der Waals surface area contributed by atoms with Crippen LogP contribution in [0.2, 0.25) is 0 Å². The van der Waals surface area contributed by atoms with Crippen LogP contribution in [0, 0.1) is 6.92 Å². The normalized spacial score (nSPS) is 20.9. The van der Waals surface area contributed by atoms with E-state index in [0.717, 1.165) is 0 Å². The Morgan fingerprint density at radius 3 is 2.82 bits per heavy atom. The number of amides is 1. The molecule has 3 atom stereocenters. The molecular formula is C19H25F2N9O4. The largest absolute Gasteiger partial charge is 0.366 e. The third kappa shape index (κ3) is 4.80. The Labute approximate surface area is 192 Å². The van der Waals surface area contributed by atoms with Crippen molar-refractivity contribution in [1.29, 1.82) is 0 Å². The Hall–Kier alpha value is -3.30. The number of H-pyrrole nitrogens is 1. The number of hydrogen-bond acceptors (Lipinski definition) is 10. The van der Waals surface area contributed by atoms with E-state index >= 15 is 0 Å². The Bertz CT molecular complexity index is 1180. The average molecular weight is 481 g/mol. The average Bonchev–Trinajstić information content (AvgIpc) is 3.48. The van der Waals surface area contributed by atoms with Gasteiger partial charge in [-0.2, -0.15) is 0 Å². The van der Waals surface area contributed by atoms with E-state index in [1.165, 1.54) is 27.2 Å². The lowest BCUT2D eigenvalue weighted by atomic mass is 10.1. The molecule has 1 fully saturated rings. The number of carbonyl (C=O) groups is 1. The van der Waals surface area contributed by atoms with E-state index in [0.29, 0.717) is 11.4 Å². The summed E-state index contributed by atoms with van der Waals surface area (Å²) in [5, 5.41) is 25.6. The molecule has 1 aliphatic rings. The molecule has 0 unspecified atom stereocenters. The second-order valence-electron chi connectivity index (χ2n) is 8.24. The lowest BCUT2D eigenvalue weighted by Gasteiger charge is -2.25. The van der Waals surface area contributed by atoms with Crippen molar-refractivity contribution < 1.29 is 28.2 Å². The molecule has 4 rings (SSSR count). The van der Waals surface area contributed by atoms with E-state index in [1.807, 2.05) is 0 Å². The number of ether oxygens (including phenoxy) is 2. The zero-order chi connectivity index (χ0) is 24.6. The molecule has 13 nitrogen and oxygen atoms in total. The molecule has 3 aromatic rings. The summed E-state index contributed by atoms with van der Waals surface area (Å²) in [4.78, 5) is 25.5. The molecule has 1 amide bonds. The van der Waals surface area contributed by atoms with E-state index < -0.39 is 43.1 Å². The number of halogens is 2. The number of aromatic amines is 1. The number of alkyl halides is 2. The van der Waals surface area contributed by atoms with Crippen LogP contribution in [0.1, 0.15) is 32.2 Å². The van der Waals surface area contributed by atoms with E-state index in [4.69, 9.17) is 9.47 Å². The van der Waals surface area contributed by atoms with Crippen molar-refractivity contribution in [3.05, 3.63) is 12.0 Å². The number of nitrogens with zero attached hydrogens (tertiary/aromatic N) is 6. The SMILES string of the molecule is CNC(=O)[C@H]1O[C@@H](n2cnc3c(NCC(F)F)nc(-c4nn[nH]c4C)nc32)C[C@@H]1OC(C)(C)O. The number of aromatic nitrogens is 7. The zero-order valence-corrected chi connectivity index (χ0v) is 18.9. The molecule has 0 aromatic carbocycles. The van der Waals surface area contributed by atoms with Crippen molar-refractivity contribution in [3.8, 4) is 11.5 Å². The standard InChI is InChI=1S/C19H25F2N9O4/c1-8-12(28-29-27-8)16-25-15(23-6-10(20)21)13-17(26-16)30(7-24-13)11-5-9(34-19(2,3)32)14(33-11)18(31)22-4/h7,9-11,14,32H,5-6H2,1-4H3,(H,22,31)(H,23,25,26)(H,27,28,29)/t9-,11+,14-/m0/s1. The number of likely N-dealkylation sites (N-methyl/N-ethyl adjacent to an activating group) is 1. The summed E-state index contributed by atoms with van der Waals surface area (Å²) < 4.78 is 38.9. The third-order valence-electron chi connectivity index (χ3n) is 5.11. The number of aryl methyl sites for hydroxylation is 1. The molecule has 0 radical (unpaired) electrons. The van der Waals surface area contributed by atoms with Crippen LogP contribution in [0.25, 0.3) is 22.7 Å². The summed E-state index contributed by atoms with van der Waals surface area (Å²) in [6.45, 7) is 3.98. The fourth-order valence-corrected chi connectivity index (χ4v) is 3.69. The molecule has 34 heavy (non-hydrogen) atoms. The molecule has 0 saturated carbocycles. The molecule has 0 spiro atoms. The number of nitrogens with one attached hydrogen (secondary N) is 3. The van der Waals surface area contributed by atoms with Gasteiger partial charge in [0.2, 0.25) is 0 Å². The third-order valence-corrected chi connectivity index (χ3v) is 5.11. The first-order valence-corrected chi connectivity index (χ1v) is 10.5. The molecule has 4 heterocycles. The Kier molecular flexibility index (Phi) is 6.42. The van der Waals surface area contributed by atoms with E-state index in [-0.39, 0.29) is 29.2 Å². The van der Waals surface area contributed by atoms with Crippen molar-refractivity contribution in [3.63, 3.8) is 0 Å². The number of hydrogen-bond donors (Lipinski definition) is 4. The van der Waals surface area contributed by atoms with Crippen LogP contribution in [-0.2, 0) is 14.3 Å². The van der Waals surface area contributed by atoms with Gasteiger partial charge in [-0.25, -0.2) is 23.7 Å². The quantitative estimate of drug-likeness (QED) is 0.337. The van der Waals surface area contributed by atoms with E-state index in [2.05, 4.69) is 41.0 Å². The fraction of sp³-hybridized carbons (Fsp3) is 0.579. The van der Waals surface area contributed by atoms with Gasteiger partial charge in [0.25, 0.3) is 12.3 Å². The highest BCUT2D eigenvalue weighted by molar-refractivity contribution is 5.85. The number of carbonyl (C=O) groups excluding carboxylic acids is 1. The Balaban J connectivity index is 1.76. The van der Waals surface area contributed by atoms with Crippen LogP contribution in [0.5, 0.6) is 0 Å². The number of fused-ring (bicyclic) bond motifs is 1. The Morgan fingerprint density at radius 2 is 2.21 bits per heavy atom. The maximum Gasteiger partial charge on any atom is 0.255 e. The van der Waals surface area contributed by atoms with Gasteiger partial charge in [0.05, 0.1) is 18.6 Å². The molecule has 15 heteroatoms. The minimum absolute atomic E-state index is 0.0894. The van der Waals surface area contributed by atoms with Crippen LogP contribution in [0.15, 0.2) is 6.33 Å². The number of anilines is 1. The van der Waals surface area contributed by atoms with Crippen LogP contribution >= 0.6 is 0 Å². The first kappa shape index (κ1) is 23.8. The topological polar surface area (TPSA) is 165 Å². The van der Waals surface area contributed by atoms with Gasteiger partial charge in [-0.1, -0.05) is 5.21 Å². The monoisotopic (exact) mass is 481 g/mol. The fourth-order valence-electron chi connectivity index (χ4n) is 3.69. The van der Waals surface area contributed by atoms with Crippen molar-refractivity contribution >= 4 is 22.9 Å². The highest BCUT2D eigenvalue weighted by Crippen LogP contribution is 2.35. The van der Waals surface area contributed by atoms with Gasteiger partial charge in [0.15, 0.2) is 40.4 Å². The minimum Gasteiger partial charge on any atom is -0.366 e. The van der Waals surface area contributed by atoms with Gasteiger partial charge in [-0.05, 0) is 20.8 Å². The van der Waals surface area contributed by atoms with E-state index in [9.17, 15) is 18.7 Å². The summed E-state index contributed by atoms with van der Waals surface area (Å²) in [6, 6.07) is 0. The molecule has 1 aliphatic heterocycles. The van der Waals surface area contributed by atoms with Gasteiger partial charge in [-0.15, -0.1) is 5.10 Å². The van der Waals surface area contributed by atoms with Gasteiger partial charge in [-0.3, -0.25) is 14.5 Å². The zero-order valence-electron chi connectivity index (χ0n) is 18.9. The first-order valence-electron chi connectivity index (χ1n) is 10.5. The summed E-state index contributed by atoms with van der Waals surface area (Å²) in [5.41, 5.74) is 1.43. The second-order valence-corrected chi connectivity index (χ2v) is 8.24. The number of aliphatic hydroxyl groups is 1. The van der Waals surface area contributed by atoms with Gasteiger partial charge in [0, 0.05) is 13.5 Å². The smallest absolute Gasteiger partial charge is 0.255 e. The van der Waals surface area contributed by atoms with Crippen LogP contribution in [0.4, 0.5) is 14.6 Å². The minimum atomic E-state index is -2.62.